The van der Waals surface area contributed by atoms with Crippen LogP contribution < -0.4 is 16.4 Å². The summed E-state index contributed by atoms with van der Waals surface area (Å²) >= 11 is 0. The van der Waals surface area contributed by atoms with Crippen LogP contribution in [0.25, 0.3) is 10.9 Å². The lowest BCUT2D eigenvalue weighted by atomic mass is 10.0. The topological polar surface area (TPSA) is 175 Å². The number of carboxylic acids is 2. The monoisotopic (exact) mass is 418 g/mol. The van der Waals surface area contributed by atoms with Gasteiger partial charge in [0.2, 0.25) is 11.8 Å². The number of nitrogens with two attached hydrogens (primary N) is 1. The molecular formula is C20H26N4O6. The van der Waals surface area contributed by atoms with Gasteiger partial charge in [0, 0.05) is 23.5 Å². The maximum atomic E-state index is 12.8. The van der Waals surface area contributed by atoms with Crippen molar-refractivity contribution in [3.63, 3.8) is 0 Å². The summed E-state index contributed by atoms with van der Waals surface area (Å²) in [5.41, 5.74) is 7.44. The average molecular weight is 418 g/mol. The number of hydrogen-bond acceptors (Lipinski definition) is 5. The number of fused-ring (bicyclic) bond motifs is 1. The minimum Gasteiger partial charge on any atom is -0.481 e. The first-order valence-corrected chi connectivity index (χ1v) is 9.46. The molecule has 0 saturated heterocycles. The van der Waals surface area contributed by atoms with E-state index < -0.39 is 48.3 Å². The summed E-state index contributed by atoms with van der Waals surface area (Å²) < 4.78 is 0. The molecule has 0 spiro atoms. The van der Waals surface area contributed by atoms with Crippen LogP contribution >= 0.6 is 0 Å². The van der Waals surface area contributed by atoms with Crippen LogP contribution in [0.5, 0.6) is 0 Å². The van der Waals surface area contributed by atoms with Gasteiger partial charge in [0.25, 0.3) is 0 Å². The van der Waals surface area contributed by atoms with E-state index in [1.54, 1.807) is 20.0 Å². The van der Waals surface area contributed by atoms with Gasteiger partial charge < -0.3 is 31.6 Å². The van der Waals surface area contributed by atoms with Crippen molar-refractivity contribution < 1.29 is 29.4 Å². The minimum absolute atomic E-state index is 0.0613. The summed E-state index contributed by atoms with van der Waals surface area (Å²) in [4.78, 5) is 50.5. The molecule has 2 amide bonds. The number of para-hydroxylation sites is 1. The van der Waals surface area contributed by atoms with Gasteiger partial charge in [0.15, 0.2) is 0 Å². The standard InChI is InChI=1S/C20H26N4O6/c1-10(2)17(21)19(28)23-14(18(27)24-15(20(29)30)8-16(25)26)7-11-9-22-13-6-4-3-5-12(11)13/h3-6,9-10,14-15,17,22H,7-8,21H2,1-2H3,(H,23,28)(H,24,27)(H,25,26)(H,29,30)/t14-,15-,17-/m0/s1. The average Bonchev–Trinajstić information content (AvgIpc) is 3.08. The van der Waals surface area contributed by atoms with Crippen molar-refractivity contribution in [2.45, 2.75) is 44.8 Å². The molecule has 0 unspecified atom stereocenters. The normalized spacial score (nSPS) is 14.1. The molecule has 0 aliphatic heterocycles. The van der Waals surface area contributed by atoms with Crippen molar-refractivity contribution >= 4 is 34.7 Å². The van der Waals surface area contributed by atoms with Gasteiger partial charge in [-0.3, -0.25) is 14.4 Å². The highest BCUT2D eigenvalue weighted by molar-refractivity contribution is 5.93. The summed E-state index contributed by atoms with van der Waals surface area (Å²) in [5, 5.41) is 23.7. The molecule has 0 aliphatic rings. The Morgan fingerprint density at radius 2 is 1.67 bits per heavy atom. The molecule has 2 aromatic rings. The number of carboxylic acid groups (broad SMARTS) is 2. The lowest BCUT2D eigenvalue weighted by Crippen LogP contribution is -2.56. The number of aromatic nitrogens is 1. The molecular weight excluding hydrogens is 392 g/mol. The molecule has 2 rings (SSSR count). The van der Waals surface area contributed by atoms with Gasteiger partial charge in [-0.05, 0) is 17.5 Å². The molecule has 10 nitrogen and oxygen atoms in total. The molecule has 162 valence electrons. The number of carbonyl (C=O) groups excluding carboxylic acids is 2. The smallest absolute Gasteiger partial charge is 0.326 e. The van der Waals surface area contributed by atoms with E-state index >= 15 is 0 Å². The van der Waals surface area contributed by atoms with E-state index in [0.29, 0.717) is 0 Å². The Morgan fingerprint density at radius 1 is 1.03 bits per heavy atom. The van der Waals surface area contributed by atoms with Gasteiger partial charge in [-0.2, -0.15) is 0 Å². The Labute approximate surface area is 172 Å². The molecule has 1 heterocycles. The van der Waals surface area contributed by atoms with Crippen LogP contribution in [0.2, 0.25) is 0 Å². The first-order valence-electron chi connectivity index (χ1n) is 9.46. The van der Waals surface area contributed by atoms with Crippen LogP contribution in [0.1, 0.15) is 25.8 Å². The largest absolute Gasteiger partial charge is 0.481 e. The number of nitrogens with one attached hydrogen (secondary N) is 3. The Balaban J connectivity index is 2.27. The second kappa shape index (κ2) is 9.88. The molecule has 30 heavy (non-hydrogen) atoms. The summed E-state index contributed by atoms with van der Waals surface area (Å²) in [7, 11) is 0. The zero-order valence-corrected chi connectivity index (χ0v) is 16.7. The van der Waals surface area contributed by atoms with Crippen molar-refractivity contribution in [3.05, 3.63) is 36.0 Å². The van der Waals surface area contributed by atoms with Crippen LogP contribution in [0, 0.1) is 5.92 Å². The SMILES string of the molecule is CC(C)[C@H](N)C(=O)N[C@@H](Cc1c[nH]c2ccccc12)C(=O)N[C@@H](CC(=O)O)C(=O)O. The maximum Gasteiger partial charge on any atom is 0.326 e. The van der Waals surface area contributed by atoms with Gasteiger partial charge in [0.1, 0.15) is 12.1 Å². The maximum absolute atomic E-state index is 12.8. The lowest BCUT2D eigenvalue weighted by molar-refractivity contribution is -0.147. The third-order valence-electron chi connectivity index (χ3n) is 4.75. The van der Waals surface area contributed by atoms with Crippen LogP contribution in [0.4, 0.5) is 0 Å². The number of hydrogen-bond donors (Lipinski definition) is 6. The molecule has 0 saturated carbocycles. The first-order chi connectivity index (χ1) is 14.1. The number of carbonyl (C=O) groups is 4. The zero-order valence-electron chi connectivity index (χ0n) is 16.7. The first kappa shape index (κ1) is 22.9. The van der Waals surface area contributed by atoms with Crippen molar-refractivity contribution in [1.82, 2.24) is 15.6 Å². The highest BCUT2D eigenvalue weighted by Gasteiger charge is 2.30. The van der Waals surface area contributed by atoms with Gasteiger partial charge in [-0.25, -0.2) is 4.79 Å². The van der Waals surface area contributed by atoms with Gasteiger partial charge in [0.05, 0.1) is 12.5 Å². The molecule has 3 atom stereocenters. The zero-order chi connectivity index (χ0) is 22.4. The van der Waals surface area contributed by atoms with E-state index in [-0.39, 0.29) is 12.3 Å². The van der Waals surface area contributed by atoms with Crippen molar-refractivity contribution in [1.29, 1.82) is 0 Å². The number of H-pyrrole nitrogens is 1. The minimum atomic E-state index is -1.63. The predicted octanol–water partition coefficient (Wildman–Crippen LogP) is 0.223. The third-order valence-corrected chi connectivity index (χ3v) is 4.75. The van der Waals surface area contributed by atoms with Gasteiger partial charge in [-0.15, -0.1) is 0 Å². The van der Waals surface area contributed by atoms with E-state index in [2.05, 4.69) is 15.6 Å². The molecule has 10 heteroatoms. The van der Waals surface area contributed by atoms with Crippen LogP contribution in [-0.4, -0.2) is 57.1 Å². The van der Waals surface area contributed by atoms with Crippen molar-refractivity contribution in [3.8, 4) is 0 Å². The number of amides is 2. The van der Waals surface area contributed by atoms with Crippen molar-refractivity contribution in [2.24, 2.45) is 11.7 Å². The molecule has 0 radical (unpaired) electrons. The molecule has 0 aliphatic carbocycles. The predicted molar refractivity (Wildman–Crippen MR) is 109 cm³/mol. The number of aliphatic carboxylic acids is 2. The summed E-state index contributed by atoms with van der Waals surface area (Å²) in [5.74, 6) is -4.41. The van der Waals surface area contributed by atoms with Crippen LogP contribution in [0.15, 0.2) is 30.5 Å². The second-order valence-corrected chi connectivity index (χ2v) is 7.39. The van der Waals surface area contributed by atoms with Gasteiger partial charge in [-0.1, -0.05) is 32.0 Å². The van der Waals surface area contributed by atoms with E-state index in [1.165, 1.54) is 0 Å². The number of aromatic amines is 1. The quantitative estimate of drug-likeness (QED) is 0.320. The summed E-state index contributed by atoms with van der Waals surface area (Å²) in [6, 6.07) is 3.75. The number of rotatable bonds is 10. The molecule has 0 fully saturated rings. The second-order valence-electron chi connectivity index (χ2n) is 7.39. The Bertz CT molecular complexity index is 938. The number of benzene rings is 1. The fraction of sp³-hybridized carbons (Fsp3) is 0.400. The van der Waals surface area contributed by atoms with Crippen LogP contribution in [-0.2, 0) is 25.6 Å². The highest BCUT2D eigenvalue weighted by atomic mass is 16.4. The fourth-order valence-corrected chi connectivity index (χ4v) is 2.95. The summed E-state index contributed by atoms with van der Waals surface area (Å²) in [6.45, 7) is 3.51. The molecule has 1 aromatic carbocycles. The highest BCUT2D eigenvalue weighted by Crippen LogP contribution is 2.19. The van der Waals surface area contributed by atoms with E-state index in [9.17, 15) is 24.3 Å². The lowest BCUT2D eigenvalue weighted by Gasteiger charge is -2.23. The van der Waals surface area contributed by atoms with E-state index in [0.717, 1.165) is 16.5 Å². The van der Waals surface area contributed by atoms with Gasteiger partial charge >= 0.3 is 11.9 Å². The Morgan fingerprint density at radius 3 is 2.27 bits per heavy atom. The molecule has 1 aromatic heterocycles. The molecule has 0 bridgehead atoms. The van der Waals surface area contributed by atoms with Crippen molar-refractivity contribution in [2.75, 3.05) is 0 Å². The molecule has 7 N–H and O–H groups in total. The Kier molecular flexibility index (Phi) is 7.54. The van der Waals surface area contributed by atoms with E-state index in [1.807, 2.05) is 24.3 Å². The Hall–Kier alpha value is -3.40. The summed E-state index contributed by atoms with van der Waals surface area (Å²) in [6.07, 6.45) is 0.970. The van der Waals surface area contributed by atoms with E-state index in [4.69, 9.17) is 10.8 Å². The fourth-order valence-electron chi connectivity index (χ4n) is 2.95. The third kappa shape index (κ3) is 5.80. The van der Waals surface area contributed by atoms with Crippen LogP contribution in [0.3, 0.4) is 0 Å².